The van der Waals surface area contributed by atoms with Crippen molar-refractivity contribution in [1.82, 2.24) is 4.68 Å². The van der Waals surface area contributed by atoms with E-state index in [1.54, 1.807) is 0 Å². The molecular weight excluding hydrogens is 230 g/mol. The molecule has 0 amide bonds. The lowest BCUT2D eigenvalue weighted by Crippen LogP contribution is -2.17. The zero-order valence-electron chi connectivity index (χ0n) is 9.68. The van der Waals surface area contributed by atoms with Crippen LogP contribution in [-0.2, 0) is 6.42 Å². The van der Waals surface area contributed by atoms with Crippen LogP contribution < -0.4 is 11.6 Å². The van der Waals surface area contributed by atoms with Crippen LogP contribution >= 0.6 is 12.2 Å². The van der Waals surface area contributed by atoms with Gasteiger partial charge >= 0.3 is 0 Å². The second kappa shape index (κ2) is 4.59. The van der Waals surface area contributed by atoms with Crippen molar-refractivity contribution in [2.75, 3.05) is 11.6 Å². The third-order valence-corrected chi connectivity index (χ3v) is 3.15. The molecule has 17 heavy (non-hydrogen) atoms. The summed E-state index contributed by atoms with van der Waals surface area (Å²) in [5.41, 5.74) is 9.22. The number of nitrogen functional groups attached to an aromatic ring is 2. The number of pyridine rings is 1. The van der Waals surface area contributed by atoms with Gasteiger partial charge in [0.15, 0.2) is 0 Å². The highest BCUT2D eigenvalue weighted by molar-refractivity contribution is 7.71. The van der Waals surface area contributed by atoms with Gasteiger partial charge in [0.1, 0.15) is 10.5 Å². The van der Waals surface area contributed by atoms with E-state index in [0.717, 1.165) is 23.1 Å². The van der Waals surface area contributed by atoms with Gasteiger partial charge in [-0.1, -0.05) is 49.5 Å². The molecule has 0 unspecified atom stereocenters. The average molecular weight is 245 g/mol. The van der Waals surface area contributed by atoms with Gasteiger partial charge < -0.3 is 11.6 Å². The van der Waals surface area contributed by atoms with Crippen molar-refractivity contribution in [2.45, 2.75) is 13.3 Å². The molecule has 0 aliphatic heterocycles. The number of aromatic nitrogens is 1. The van der Waals surface area contributed by atoms with E-state index in [9.17, 15) is 0 Å². The summed E-state index contributed by atoms with van der Waals surface area (Å²) in [6.45, 7) is 2.06. The predicted octanol–water partition coefficient (Wildman–Crippen LogP) is 2.74. The van der Waals surface area contributed by atoms with Crippen LogP contribution in [0, 0.1) is 4.64 Å². The van der Waals surface area contributed by atoms with Gasteiger partial charge in [-0.3, -0.25) is 0 Å². The Hall–Kier alpha value is -1.81. The molecular formula is C13H15N3S. The first-order valence-corrected chi connectivity index (χ1v) is 5.91. The van der Waals surface area contributed by atoms with E-state index < -0.39 is 0 Å². The quantitative estimate of drug-likeness (QED) is 0.632. The lowest BCUT2D eigenvalue weighted by Gasteiger charge is -2.14. The Kier molecular flexibility index (Phi) is 3.15. The summed E-state index contributed by atoms with van der Waals surface area (Å²) >= 11 is 5.19. The maximum absolute atomic E-state index is 6.00. The Balaban J connectivity index is 2.74. The van der Waals surface area contributed by atoms with Crippen molar-refractivity contribution in [1.29, 1.82) is 0 Å². The zero-order chi connectivity index (χ0) is 12.4. The first-order valence-electron chi connectivity index (χ1n) is 5.50. The van der Waals surface area contributed by atoms with Gasteiger partial charge in [0, 0.05) is 5.56 Å². The molecule has 0 fully saturated rings. The molecule has 4 N–H and O–H groups in total. The highest BCUT2D eigenvalue weighted by Crippen LogP contribution is 2.27. The fourth-order valence-electron chi connectivity index (χ4n) is 1.93. The number of nitrogens with zero attached hydrogens (tertiary/aromatic N) is 1. The van der Waals surface area contributed by atoms with Crippen LogP contribution in [0.4, 0.5) is 5.82 Å². The minimum absolute atomic E-state index is 0.540. The molecule has 1 aromatic carbocycles. The Morgan fingerprint density at radius 1 is 1.24 bits per heavy atom. The molecule has 0 saturated heterocycles. The number of hydrogen-bond acceptors (Lipinski definition) is 3. The second-order valence-electron chi connectivity index (χ2n) is 3.85. The molecule has 0 aliphatic carbocycles. The summed E-state index contributed by atoms with van der Waals surface area (Å²) < 4.78 is 1.90. The molecule has 0 atom stereocenters. The van der Waals surface area contributed by atoms with Crippen molar-refractivity contribution < 1.29 is 0 Å². The third kappa shape index (κ3) is 2.03. The van der Waals surface area contributed by atoms with E-state index in [1.807, 2.05) is 36.4 Å². The first-order chi connectivity index (χ1) is 8.15. The molecule has 1 aromatic heterocycles. The normalized spacial score (nSPS) is 10.4. The van der Waals surface area contributed by atoms with Gasteiger partial charge in [-0.05, 0) is 23.6 Å². The number of hydrogen-bond donors (Lipinski definition) is 2. The predicted molar refractivity (Wildman–Crippen MR) is 74.6 cm³/mol. The van der Waals surface area contributed by atoms with Crippen LogP contribution in [-0.4, -0.2) is 4.68 Å². The summed E-state index contributed by atoms with van der Waals surface area (Å²) in [4.78, 5) is 0. The van der Waals surface area contributed by atoms with Crippen molar-refractivity contribution in [3.05, 3.63) is 46.6 Å². The van der Waals surface area contributed by atoms with E-state index in [0.29, 0.717) is 10.5 Å². The van der Waals surface area contributed by atoms with E-state index in [-0.39, 0.29) is 0 Å². The molecule has 0 spiro atoms. The van der Waals surface area contributed by atoms with Crippen LogP contribution in [0.1, 0.15) is 12.5 Å². The molecule has 0 aliphatic rings. The highest BCUT2D eigenvalue weighted by atomic mass is 32.1. The fourth-order valence-corrected chi connectivity index (χ4v) is 2.15. The minimum Gasteiger partial charge on any atom is -0.383 e. The fraction of sp³-hybridized carbons (Fsp3) is 0.154. The molecule has 2 rings (SSSR count). The monoisotopic (exact) mass is 245 g/mol. The van der Waals surface area contributed by atoms with Gasteiger partial charge in [-0.2, -0.15) is 0 Å². The van der Waals surface area contributed by atoms with E-state index >= 15 is 0 Å². The van der Waals surface area contributed by atoms with E-state index in [2.05, 4.69) is 6.92 Å². The van der Waals surface area contributed by atoms with Crippen LogP contribution in [0.2, 0.25) is 0 Å². The first kappa shape index (κ1) is 11.7. The van der Waals surface area contributed by atoms with Gasteiger partial charge in [0.2, 0.25) is 0 Å². The highest BCUT2D eigenvalue weighted by Gasteiger charge is 2.10. The number of nitrogens with two attached hydrogens (primary N) is 2. The summed E-state index contributed by atoms with van der Waals surface area (Å²) in [5, 5.41) is 0. The third-order valence-electron chi connectivity index (χ3n) is 2.84. The molecule has 4 heteroatoms. The van der Waals surface area contributed by atoms with Crippen molar-refractivity contribution in [3.8, 4) is 11.1 Å². The maximum atomic E-state index is 6.00. The standard InChI is InChI=1S/C13H15N3S/c1-2-10-11(9-6-4-3-5-7-9)8-12(17)16(15)13(10)14/h3-8H,2,14-15H2,1H3. The Bertz CT molecular complexity index is 588. The van der Waals surface area contributed by atoms with Gasteiger partial charge in [0.25, 0.3) is 0 Å². The molecule has 3 nitrogen and oxygen atoms in total. The number of benzene rings is 1. The average Bonchev–Trinajstić information content (AvgIpc) is 2.36. The lowest BCUT2D eigenvalue weighted by atomic mass is 9.99. The van der Waals surface area contributed by atoms with Crippen molar-refractivity contribution >= 4 is 18.0 Å². The Labute approximate surface area is 106 Å². The Morgan fingerprint density at radius 2 is 1.88 bits per heavy atom. The molecule has 2 aromatic rings. The molecule has 0 radical (unpaired) electrons. The van der Waals surface area contributed by atoms with Crippen LogP contribution in [0.15, 0.2) is 36.4 Å². The second-order valence-corrected chi connectivity index (χ2v) is 4.27. The topological polar surface area (TPSA) is 57.0 Å². The van der Waals surface area contributed by atoms with Crippen LogP contribution in [0.5, 0.6) is 0 Å². The van der Waals surface area contributed by atoms with Crippen molar-refractivity contribution in [3.63, 3.8) is 0 Å². The number of rotatable bonds is 2. The van der Waals surface area contributed by atoms with Gasteiger partial charge in [-0.15, -0.1) is 0 Å². The van der Waals surface area contributed by atoms with Crippen LogP contribution in [0.3, 0.4) is 0 Å². The van der Waals surface area contributed by atoms with Crippen molar-refractivity contribution in [2.24, 2.45) is 0 Å². The molecule has 0 saturated carbocycles. The largest absolute Gasteiger partial charge is 0.383 e. The maximum Gasteiger partial charge on any atom is 0.127 e. The van der Waals surface area contributed by atoms with Crippen LogP contribution in [0.25, 0.3) is 11.1 Å². The Morgan fingerprint density at radius 3 is 2.47 bits per heavy atom. The van der Waals surface area contributed by atoms with E-state index in [4.69, 9.17) is 23.8 Å². The molecule has 0 bridgehead atoms. The van der Waals surface area contributed by atoms with Gasteiger partial charge in [-0.25, -0.2) is 4.68 Å². The number of anilines is 1. The lowest BCUT2D eigenvalue weighted by molar-refractivity contribution is 0.955. The minimum atomic E-state index is 0.540. The zero-order valence-corrected chi connectivity index (χ0v) is 10.5. The summed E-state index contributed by atoms with van der Waals surface area (Å²) in [7, 11) is 0. The SMILES string of the molecule is CCc1c(-c2ccccc2)cc(=S)n(N)c1N. The van der Waals surface area contributed by atoms with Gasteiger partial charge in [0.05, 0.1) is 0 Å². The molecule has 88 valence electrons. The van der Waals surface area contributed by atoms with E-state index in [1.165, 1.54) is 4.68 Å². The summed E-state index contributed by atoms with van der Waals surface area (Å²) in [6.07, 6.45) is 0.822. The summed E-state index contributed by atoms with van der Waals surface area (Å²) in [6, 6.07) is 12.0. The summed E-state index contributed by atoms with van der Waals surface area (Å²) in [5.74, 6) is 6.33. The smallest absolute Gasteiger partial charge is 0.127 e. The molecule has 1 heterocycles.